The van der Waals surface area contributed by atoms with Crippen molar-refractivity contribution in [2.24, 2.45) is 5.41 Å². The molecule has 7 aliphatic rings. The fourth-order valence-electron chi connectivity index (χ4n) is 13.3. The number of nitrogens with one attached hydrogen (secondary N) is 3. The van der Waals surface area contributed by atoms with Crippen LogP contribution in [0.4, 0.5) is 32.8 Å². The minimum atomic E-state index is -4.79. The van der Waals surface area contributed by atoms with E-state index in [4.69, 9.17) is 28.7 Å². The summed E-state index contributed by atoms with van der Waals surface area (Å²) in [7, 11) is -4.79. The van der Waals surface area contributed by atoms with Crippen molar-refractivity contribution >= 4 is 55.4 Å². The minimum Gasteiger partial charge on any atom is -0.489 e. The van der Waals surface area contributed by atoms with Gasteiger partial charge >= 0.3 is 0 Å². The van der Waals surface area contributed by atoms with Gasteiger partial charge in [-0.25, -0.2) is 17.5 Å². The number of carbonyl (C=O) groups is 1. The zero-order valence-corrected chi connectivity index (χ0v) is 43.4. The third-order valence-corrected chi connectivity index (χ3v) is 18.5. The Morgan fingerprint density at radius 1 is 0.933 bits per heavy atom. The Balaban J connectivity index is 0.852. The number of sulfonamides is 1. The van der Waals surface area contributed by atoms with Crippen LogP contribution in [0.2, 0.25) is 0 Å². The van der Waals surface area contributed by atoms with Gasteiger partial charge in [0.2, 0.25) is 5.88 Å². The lowest BCUT2D eigenvalue weighted by atomic mass is 9.58. The zero-order chi connectivity index (χ0) is 51.8. The second-order valence-electron chi connectivity index (χ2n) is 22.1. The highest BCUT2D eigenvalue weighted by molar-refractivity contribution is 7.90. The molecule has 12 rings (SSSR count). The number of pyridine rings is 1. The van der Waals surface area contributed by atoms with Gasteiger partial charge in [-0.1, -0.05) is 38.1 Å². The summed E-state index contributed by atoms with van der Waals surface area (Å²) in [5.74, 6) is -0.334. The molecule has 0 unspecified atom stereocenters. The van der Waals surface area contributed by atoms with Crippen molar-refractivity contribution in [1.29, 1.82) is 0 Å². The van der Waals surface area contributed by atoms with Crippen LogP contribution in [0.5, 0.6) is 11.6 Å². The van der Waals surface area contributed by atoms with Crippen molar-refractivity contribution in [2.75, 3.05) is 74.5 Å². The molecular formula is C55H65FN8O10S. The number of aromatic nitrogens is 2. The molecule has 3 aromatic carbocycles. The van der Waals surface area contributed by atoms with E-state index in [0.29, 0.717) is 54.5 Å². The number of alkyl halides is 1. The van der Waals surface area contributed by atoms with Crippen LogP contribution >= 0.6 is 0 Å². The number of carbonyl (C=O) groups excluding carboxylic acids is 1. The van der Waals surface area contributed by atoms with E-state index in [0.717, 1.165) is 75.0 Å². The van der Waals surface area contributed by atoms with Gasteiger partial charge in [-0.05, 0) is 98.2 Å². The molecule has 0 radical (unpaired) electrons. The predicted octanol–water partition coefficient (Wildman–Crippen LogP) is 8.69. The minimum absolute atomic E-state index is 0.0606. The van der Waals surface area contributed by atoms with Crippen LogP contribution in [-0.2, 0) is 24.2 Å². The summed E-state index contributed by atoms with van der Waals surface area (Å²) in [5.41, 5.74) is 3.06. The first-order chi connectivity index (χ1) is 36.2. The van der Waals surface area contributed by atoms with Crippen molar-refractivity contribution in [1.82, 2.24) is 19.6 Å². The summed E-state index contributed by atoms with van der Waals surface area (Å²) >= 11 is 0. The number of piperidine rings is 1. The smallest absolute Gasteiger partial charge is 0.297 e. The Kier molecular flexibility index (Phi) is 12.9. The fourth-order valence-corrected chi connectivity index (χ4v) is 14.3. The second kappa shape index (κ2) is 19.5. The number of aromatic amines is 1. The average molecular weight is 1050 g/mol. The third-order valence-electron chi connectivity index (χ3n) is 17.2. The summed E-state index contributed by atoms with van der Waals surface area (Å²) in [4.78, 5) is 41.3. The molecule has 18 nitrogen and oxygen atoms in total. The number of rotatable bonds is 10. The van der Waals surface area contributed by atoms with E-state index >= 15 is 4.39 Å². The predicted molar refractivity (Wildman–Crippen MR) is 280 cm³/mol. The van der Waals surface area contributed by atoms with E-state index in [9.17, 15) is 23.3 Å². The molecule has 5 atom stereocenters. The van der Waals surface area contributed by atoms with Crippen molar-refractivity contribution in [3.8, 4) is 11.6 Å². The molecule has 0 bridgehead atoms. The van der Waals surface area contributed by atoms with Gasteiger partial charge in [0.1, 0.15) is 29.7 Å². The van der Waals surface area contributed by atoms with Crippen LogP contribution in [0, 0.1) is 15.5 Å². The third kappa shape index (κ3) is 9.12. The number of halogens is 1. The van der Waals surface area contributed by atoms with Crippen LogP contribution in [-0.4, -0.2) is 129 Å². The summed E-state index contributed by atoms with van der Waals surface area (Å²) in [6, 6.07) is 19.8. The normalized spacial score (nSPS) is 27.7. The van der Waals surface area contributed by atoms with Crippen LogP contribution in [0.15, 0.2) is 77.8 Å². The first-order valence-corrected chi connectivity index (χ1v) is 28.1. The Labute approximate surface area is 435 Å². The Bertz CT molecular complexity index is 3130. The van der Waals surface area contributed by atoms with E-state index in [1.54, 1.807) is 12.3 Å². The molecule has 4 saturated heterocycles. The van der Waals surface area contributed by atoms with Crippen molar-refractivity contribution in [2.45, 2.75) is 125 Å². The van der Waals surface area contributed by atoms with E-state index in [1.807, 2.05) is 24.3 Å². The number of nitro benzene ring substituents is 1. The monoisotopic (exact) mass is 1050 g/mol. The van der Waals surface area contributed by atoms with Gasteiger partial charge in [-0.2, -0.15) is 4.98 Å². The number of hydrogen-bond acceptors (Lipinski definition) is 15. The number of H-pyrrole nitrogens is 1. The first kappa shape index (κ1) is 49.8. The number of ether oxygens (including phenoxy) is 5. The van der Waals surface area contributed by atoms with Crippen molar-refractivity contribution in [3.63, 3.8) is 0 Å². The fraction of sp³-hybridized carbons (Fsp3) is 0.527. The molecule has 3 N–H and O–H groups in total. The van der Waals surface area contributed by atoms with Gasteiger partial charge in [0.05, 0.1) is 52.4 Å². The maximum absolute atomic E-state index is 16.1. The van der Waals surface area contributed by atoms with E-state index in [2.05, 4.69) is 74.8 Å². The number of hydrogen-bond donors (Lipinski definition) is 3. The summed E-state index contributed by atoms with van der Waals surface area (Å²) in [5, 5.41) is 16.3. The topological polar surface area (TPSA) is 203 Å². The molecule has 6 aliphatic heterocycles. The summed E-state index contributed by atoms with van der Waals surface area (Å²) in [6.45, 7) is 10.9. The first-order valence-electron chi connectivity index (χ1n) is 26.6. The van der Waals surface area contributed by atoms with Crippen molar-refractivity contribution < 1.29 is 46.2 Å². The van der Waals surface area contributed by atoms with Crippen LogP contribution in [0.25, 0.3) is 11.0 Å². The van der Waals surface area contributed by atoms with E-state index < -0.39 is 49.3 Å². The molecule has 8 heterocycles. The number of nitrogens with zero attached hydrogens (tertiary/aromatic N) is 5. The Morgan fingerprint density at radius 2 is 1.75 bits per heavy atom. The maximum atomic E-state index is 16.1. The second-order valence-corrected chi connectivity index (χ2v) is 23.8. The largest absolute Gasteiger partial charge is 0.489 e. The summed E-state index contributed by atoms with van der Waals surface area (Å²) < 4.78 is 77.0. The Morgan fingerprint density at radius 3 is 2.55 bits per heavy atom. The molecular weight excluding hydrogens is 984 g/mol. The Hall–Kier alpha value is -6.06. The molecule has 398 valence electrons. The van der Waals surface area contributed by atoms with Gasteiger partial charge in [0, 0.05) is 93.8 Å². The van der Waals surface area contributed by atoms with Gasteiger partial charge in [-0.3, -0.25) is 19.8 Å². The number of fused-ring (bicyclic) bond motifs is 4. The van der Waals surface area contributed by atoms with Crippen LogP contribution in [0.3, 0.4) is 0 Å². The lowest BCUT2D eigenvalue weighted by Crippen LogP contribution is -2.58. The molecule has 20 heteroatoms. The number of nitro groups is 1. The lowest BCUT2D eigenvalue weighted by Gasteiger charge is -2.58. The molecule has 75 heavy (non-hydrogen) atoms. The average Bonchev–Trinajstić information content (AvgIpc) is 3.72. The number of amides is 1. The van der Waals surface area contributed by atoms with Gasteiger partial charge < -0.3 is 43.8 Å². The molecule has 5 fully saturated rings. The molecule has 1 spiro atoms. The quantitative estimate of drug-likeness (QED) is 0.0885. The molecule has 2 aromatic heterocycles. The van der Waals surface area contributed by atoms with Crippen molar-refractivity contribution in [3.05, 3.63) is 99.7 Å². The van der Waals surface area contributed by atoms with Gasteiger partial charge in [-0.15, -0.1) is 0 Å². The standard InChI is InChI=1S/C55H65FN8O10S/c1-33(2)39-7-4-5-8-40(39)46-30-71-19-6-17-62(46)37-28-54(29-37)13-18-61(34(3)27-54)36-9-10-41(43(24-36)63-42-12-20-72-31-48(42)74-53-45(63)23-35-11-16-57-51(35)59-53)52(65)60-75(68,69)38-25-44(64(66)67)50-47(26-38)73-32-49(58-50)55(56)14-21-70-22-15-55/h4-5,7-11,16,23-26,33-34,37,42,46,48-49,58H,6,12-15,17-22,27-32H2,1-3H3,(H,57,59)(H,60,65)/t34-,37?,42-,46-,48-,49-,54?/m0/s1. The van der Waals surface area contributed by atoms with Crippen LogP contribution < -0.4 is 29.3 Å². The molecule has 1 saturated carbocycles. The SMILES string of the molecule is CC(C)c1ccccc1[C@@H]1COCCCN1C1CC2(CCN(c3ccc(C(=O)NS(=O)(=O)c4cc5c(c([N+](=O)[O-])c4)N[C@H](C4(F)CCOCC4)CO5)c(N4c5cc6cc[nH]c6nc5O[C@H]5COCC[C@@H]54)c3)[C@@H](C)C2)C1. The molecule has 5 aromatic rings. The molecule has 1 amide bonds. The highest BCUT2D eigenvalue weighted by atomic mass is 32.2. The van der Waals surface area contributed by atoms with Crippen LogP contribution in [0.1, 0.15) is 106 Å². The zero-order valence-electron chi connectivity index (χ0n) is 42.6. The van der Waals surface area contributed by atoms with Gasteiger partial charge in [0.15, 0.2) is 11.4 Å². The van der Waals surface area contributed by atoms with E-state index in [-0.39, 0.29) is 79.8 Å². The maximum Gasteiger partial charge on any atom is 0.297 e. The number of anilines is 4. The van der Waals surface area contributed by atoms with E-state index in [1.165, 1.54) is 11.1 Å². The highest BCUT2D eigenvalue weighted by Crippen LogP contribution is 2.55. The van der Waals surface area contributed by atoms with Gasteiger partial charge in [0.25, 0.3) is 21.6 Å². The number of benzene rings is 3. The molecule has 1 aliphatic carbocycles. The summed E-state index contributed by atoms with van der Waals surface area (Å²) in [6.07, 6.45) is 7.24. The highest BCUT2D eigenvalue weighted by Gasteiger charge is 2.52. The lowest BCUT2D eigenvalue weighted by molar-refractivity contribution is -0.384.